The summed E-state index contributed by atoms with van der Waals surface area (Å²) in [5.74, 6) is 0. The van der Waals surface area contributed by atoms with Crippen molar-refractivity contribution in [2.24, 2.45) is 0 Å². The van der Waals surface area contributed by atoms with Crippen LogP contribution < -0.4 is 4.90 Å². The number of hydrogen-bond acceptors (Lipinski definition) is 0. The molecule has 2 N–H and O–H groups in total. The number of para-hydroxylation sites is 1. The molecule has 0 amide bonds. The molecule has 0 saturated carbocycles. The van der Waals surface area contributed by atoms with Crippen molar-refractivity contribution in [1.82, 2.24) is 4.98 Å². The Morgan fingerprint density at radius 2 is 1.30 bits per heavy atom. The SMILES string of the molecule is C[C@H](Cc1c[nH]c2ccccc12)[NH+](Cc1ccccc1)Cc1ccccc1. The summed E-state index contributed by atoms with van der Waals surface area (Å²) in [7, 11) is 0. The van der Waals surface area contributed by atoms with E-state index in [2.05, 4.69) is 103 Å². The van der Waals surface area contributed by atoms with Crippen LogP contribution in [-0.2, 0) is 19.5 Å². The smallest absolute Gasteiger partial charge is 0.103 e. The van der Waals surface area contributed by atoms with E-state index in [4.69, 9.17) is 0 Å². The van der Waals surface area contributed by atoms with Gasteiger partial charge in [-0.05, 0) is 18.6 Å². The molecule has 4 rings (SSSR count). The predicted octanol–water partition coefficient (Wildman–Crippen LogP) is 4.38. The molecular weight excluding hydrogens is 328 g/mol. The minimum absolute atomic E-state index is 0.518. The van der Waals surface area contributed by atoms with Gasteiger partial charge in [-0.25, -0.2) is 0 Å². The van der Waals surface area contributed by atoms with Gasteiger partial charge in [0.05, 0.1) is 6.04 Å². The second-order valence-electron chi connectivity index (χ2n) is 7.45. The molecule has 136 valence electrons. The molecule has 3 aromatic carbocycles. The molecule has 1 atom stereocenters. The molecule has 1 heterocycles. The highest BCUT2D eigenvalue weighted by Gasteiger charge is 2.20. The molecule has 0 unspecified atom stereocenters. The van der Waals surface area contributed by atoms with Crippen LogP contribution in [0.2, 0.25) is 0 Å². The zero-order valence-electron chi connectivity index (χ0n) is 15.9. The lowest BCUT2D eigenvalue weighted by Crippen LogP contribution is -3.13. The second-order valence-corrected chi connectivity index (χ2v) is 7.45. The molecule has 0 spiro atoms. The first kappa shape index (κ1) is 17.6. The number of aromatic amines is 1. The standard InChI is InChI=1S/C25H26N2/c1-20(16-23-17-26-25-15-9-8-14-24(23)25)27(18-21-10-4-2-5-11-21)19-22-12-6-3-7-13-22/h2-15,17,20,26H,16,18-19H2,1H3/p+1/t20-/m1/s1. The Morgan fingerprint density at radius 1 is 0.741 bits per heavy atom. The monoisotopic (exact) mass is 355 g/mol. The van der Waals surface area contributed by atoms with E-state index >= 15 is 0 Å². The van der Waals surface area contributed by atoms with Gasteiger partial charge < -0.3 is 9.88 Å². The Morgan fingerprint density at radius 3 is 1.93 bits per heavy atom. The number of benzene rings is 3. The van der Waals surface area contributed by atoms with Gasteiger partial charge in [-0.2, -0.15) is 0 Å². The van der Waals surface area contributed by atoms with Crippen molar-refractivity contribution in [2.45, 2.75) is 32.5 Å². The number of H-pyrrole nitrogens is 1. The van der Waals surface area contributed by atoms with E-state index in [9.17, 15) is 0 Å². The van der Waals surface area contributed by atoms with E-state index in [0.717, 1.165) is 19.5 Å². The fraction of sp³-hybridized carbons (Fsp3) is 0.200. The second kappa shape index (κ2) is 8.24. The number of aromatic nitrogens is 1. The largest absolute Gasteiger partial charge is 0.361 e. The molecule has 1 aromatic heterocycles. The van der Waals surface area contributed by atoms with E-state index in [0.29, 0.717) is 6.04 Å². The number of hydrogen-bond donors (Lipinski definition) is 2. The summed E-state index contributed by atoms with van der Waals surface area (Å²) < 4.78 is 0. The highest BCUT2D eigenvalue weighted by Crippen LogP contribution is 2.18. The molecule has 0 fully saturated rings. The molecule has 2 nitrogen and oxygen atoms in total. The van der Waals surface area contributed by atoms with E-state index in [-0.39, 0.29) is 0 Å². The first-order chi connectivity index (χ1) is 13.3. The lowest BCUT2D eigenvalue weighted by Gasteiger charge is -2.26. The summed E-state index contributed by atoms with van der Waals surface area (Å²) >= 11 is 0. The van der Waals surface area contributed by atoms with Gasteiger partial charge in [-0.3, -0.25) is 0 Å². The van der Waals surface area contributed by atoms with Crippen LogP contribution >= 0.6 is 0 Å². The van der Waals surface area contributed by atoms with Crippen molar-refractivity contribution in [1.29, 1.82) is 0 Å². The quantitative estimate of drug-likeness (QED) is 0.491. The lowest BCUT2D eigenvalue weighted by molar-refractivity contribution is -0.950. The fourth-order valence-electron chi connectivity index (χ4n) is 3.90. The first-order valence-corrected chi connectivity index (χ1v) is 9.77. The van der Waals surface area contributed by atoms with Crippen LogP contribution in [0.1, 0.15) is 23.6 Å². The maximum absolute atomic E-state index is 3.42. The van der Waals surface area contributed by atoms with E-state index in [1.54, 1.807) is 4.90 Å². The maximum atomic E-state index is 3.42. The molecule has 0 aliphatic carbocycles. The highest BCUT2D eigenvalue weighted by molar-refractivity contribution is 5.83. The van der Waals surface area contributed by atoms with Gasteiger partial charge in [-0.1, -0.05) is 78.9 Å². The number of nitrogens with one attached hydrogen (secondary N) is 2. The van der Waals surface area contributed by atoms with Gasteiger partial charge in [0.15, 0.2) is 0 Å². The van der Waals surface area contributed by atoms with Crippen LogP contribution in [0.15, 0.2) is 91.1 Å². The summed E-state index contributed by atoms with van der Waals surface area (Å²) in [5, 5.41) is 1.35. The van der Waals surface area contributed by atoms with Crippen LogP contribution in [0, 0.1) is 0 Å². The molecule has 2 heteroatoms. The predicted molar refractivity (Wildman–Crippen MR) is 113 cm³/mol. The van der Waals surface area contributed by atoms with Gasteiger partial charge in [0.25, 0.3) is 0 Å². The molecule has 0 aliphatic rings. The molecule has 0 radical (unpaired) electrons. The van der Waals surface area contributed by atoms with Crippen molar-refractivity contribution in [3.05, 3.63) is 108 Å². The van der Waals surface area contributed by atoms with Crippen molar-refractivity contribution in [3.8, 4) is 0 Å². The fourth-order valence-corrected chi connectivity index (χ4v) is 3.90. The van der Waals surface area contributed by atoms with Crippen LogP contribution in [0.3, 0.4) is 0 Å². The molecular formula is C25H27N2+. The summed E-state index contributed by atoms with van der Waals surface area (Å²) in [5.41, 5.74) is 5.44. The van der Waals surface area contributed by atoms with E-state index in [1.807, 2.05) is 0 Å². The summed E-state index contributed by atoms with van der Waals surface area (Å²) in [4.78, 5) is 5.02. The number of rotatable bonds is 7. The first-order valence-electron chi connectivity index (χ1n) is 9.77. The van der Waals surface area contributed by atoms with E-state index in [1.165, 1.54) is 27.6 Å². The van der Waals surface area contributed by atoms with Crippen LogP contribution in [0.25, 0.3) is 10.9 Å². The zero-order valence-corrected chi connectivity index (χ0v) is 15.9. The third kappa shape index (κ3) is 4.29. The summed E-state index contributed by atoms with van der Waals surface area (Å²) in [6.07, 6.45) is 3.25. The zero-order chi connectivity index (χ0) is 18.5. The molecule has 0 saturated heterocycles. The van der Waals surface area contributed by atoms with E-state index < -0.39 is 0 Å². The van der Waals surface area contributed by atoms with Gasteiger partial charge in [0.2, 0.25) is 0 Å². The normalized spacial score (nSPS) is 12.5. The minimum atomic E-state index is 0.518. The molecule has 4 aromatic rings. The lowest BCUT2D eigenvalue weighted by atomic mass is 10.0. The Kier molecular flexibility index (Phi) is 5.36. The highest BCUT2D eigenvalue weighted by atomic mass is 15.1. The Balaban J connectivity index is 1.56. The summed E-state index contributed by atoms with van der Waals surface area (Å²) in [6.45, 7) is 4.46. The van der Waals surface area contributed by atoms with Crippen molar-refractivity contribution < 1.29 is 4.90 Å². The Bertz CT molecular complexity index is 931. The van der Waals surface area contributed by atoms with Crippen molar-refractivity contribution >= 4 is 10.9 Å². The third-order valence-electron chi connectivity index (χ3n) is 5.45. The van der Waals surface area contributed by atoms with Gasteiger partial charge in [0, 0.05) is 34.6 Å². The van der Waals surface area contributed by atoms with Crippen LogP contribution in [0.4, 0.5) is 0 Å². The average molecular weight is 356 g/mol. The summed E-state index contributed by atoms with van der Waals surface area (Å²) in [6, 6.07) is 30.8. The van der Waals surface area contributed by atoms with Gasteiger partial charge >= 0.3 is 0 Å². The maximum Gasteiger partial charge on any atom is 0.103 e. The number of fused-ring (bicyclic) bond motifs is 1. The molecule has 0 aliphatic heterocycles. The number of quaternary nitrogens is 1. The topological polar surface area (TPSA) is 20.2 Å². The van der Waals surface area contributed by atoms with Gasteiger partial charge in [0.1, 0.15) is 13.1 Å². The average Bonchev–Trinajstić information content (AvgIpc) is 3.12. The van der Waals surface area contributed by atoms with Gasteiger partial charge in [-0.15, -0.1) is 0 Å². The van der Waals surface area contributed by atoms with Crippen LogP contribution in [-0.4, -0.2) is 11.0 Å². The Labute approximate surface area is 161 Å². The third-order valence-corrected chi connectivity index (χ3v) is 5.45. The van der Waals surface area contributed by atoms with Crippen molar-refractivity contribution in [3.63, 3.8) is 0 Å². The Hall–Kier alpha value is -2.84. The van der Waals surface area contributed by atoms with Crippen molar-refractivity contribution in [2.75, 3.05) is 0 Å². The van der Waals surface area contributed by atoms with Crippen LogP contribution in [0.5, 0.6) is 0 Å². The molecule has 27 heavy (non-hydrogen) atoms. The molecule has 0 bridgehead atoms. The minimum Gasteiger partial charge on any atom is -0.361 e.